The second kappa shape index (κ2) is 4.22. The van der Waals surface area contributed by atoms with E-state index in [0.717, 1.165) is 32.5 Å². The van der Waals surface area contributed by atoms with Gasteiger partial charge in [-0.15, -0.1) is 0 Å². The molecule has 3 fully saturated rings. The molecule has 17 heavy (non-hydrogen) atoms. The van der Waals surface area contributed by atoms with Gasteiger partial charge in [0.05, 0.1) is 11.2 Å². The predicted octanol–water partition coefficient (Wildman–Crippen LogP) is 2.23. The largest absolute Gasteiger partial charge is 0.375 e. The molecule has 1 spiro atoms. The molecule has 2 heterocycles. The van der Waals surface area contributed by atoms with Crippen LogP contribution >= 0.6 is 0 Å². The fourth-order valence-electron chi connectivity index (χ4n) is 3.85. The van der Waals surface area contributed by atoms with Gasteiger partial charge < -0.3 is 15.2 Å². The van der Waals surface area contributed by atoms with Gasteiger partial charge in [-0.05, 0) is 57.8 Å². The summed E-state index contributed by atoms with van der Waals surface area (Å²) in [5.74, 6) is 0.590. The van der Waals surface area contributed by atoms with Gasteiger partial charge in [-0.3, -0.25) is 0 Å². The minimum absolute atomic E-state index is 0.0764. The highest BCUT2D eigenvalue weighted by Gasteiger charge is 2.48. The van der Waals surface area contributed by atoms with Crippen molar-refractivity contribution >= 4 is 0 Å². The third-order valence-corrected chi connectivity index (χ3v) is 5.26. The molecule has 0 radical (unpaired) electrons. The van der Waals surface area contributed by atoms with Crippen molar-refractivity contribution in [1.82, 2.24) is 0 Å². The monoisotopic (exact) mass is 239 g/mol. The van der Waals surface area contributed by atoms with Gasteiger partial charge in [0, 0.05) is 19.3 Å². The zero-order chi connectivity index (χ0) is 11.9. The molecule has 0 aromatic carbocycles. The van der Waals surface area contributed by atoms with Gasteiger partial charge in [0.1, 0.15) is 0 Å². The molecule has 1 aliphatic carbocycles. The highest BCUT2D eigenvalue weighted by Crippen LogP contribution is 2.46. The van der Waals surface area contributed by atoms with E-state index in [0.29, 0.717) is 5.92 Å². The Balaban J connectivity index is 1.66. The van der Waals surface area contributed by atoms with Crippen LogP contribution < -0.4 is 5.73 Å². The topological polar surface area (TPSA) is 44.5 Å². The lowest BCUT2D eigenvalue weighted by Crippen LogP contribution is -2.55. The van der Waals surface area contributed by atoms with Crippen LogP contribution in [0.25, 0.3) is 0 Å². The maximum absolute atomic E-state index is 6.51. The van der Waals surface area contributed by atoms with Crippen LogP contribution in [0.4, 0.5) is 0 Å². The fourth-order valence-corrected chi connectivity index (χ4v) is 3.85. The van der Waals surface area contributed by atoms with Gasteiger partial charge in [0.25, 0.3) is 0 Å². The highest BCUT2D eigenvalue weighted by atomic mass is 16.5. The van der Waals surface area contributed by atoms with Crippen molar-refractivity contribution in [2.24, 2.45) is 11.7 Å². The maximum atomic E-state index is 6.51. The van der Waals surface area contributed by atoms with Crippen molar-refractivity contribution in [2.45, 2.75) is 69.1 Å². The Kier molecular flexibility index (Phi) is 2.96. The molecule has 3 aliphatic rings. The molecule has 3 atom stereocenters. The standard InChI is InChI=1S/C14H25NO2/c1-13(5-3-8-16-13)12(15)11-4-9-17-14(10-11)6-2-7-14/h11-12H,2-10,15H2,1H3. The van der Waals surface area contributed by atoms with Gasteiger partial charge in [-0.2, -0.15) is 0 Å². The van der Waals surface area contributed by atoms with Crippen molar-refractivity contribution in [3.63, 3.8) is 0 Å². The van der Waals surface area contributed by atoms with Gasteiger partial charge in [-0.25, -0.2) is 0 Å². The van der Waals surface area contributed by atoms with Gasteiger partial charge in [0.2, 0.25) is 0 Å². The molecule has 0 aromatic rings. The minimum Gasteiger partial charge on any atom is -0.375 e. The molecule has 3 rings (SSSR count). The van der Waals surface area contributed by atoms with Crippen LogP contribution in [0.5, 0.6) is 0 Å². The molecule has 2 aliphatic heterocycles. The molecule has 3 unspecified atom stereocenters. The molecule has 2 N–H and O–H groups in total. The predicted molar refractivity (Wildman–Crippen MR) is 66.8 cm³/mol. The SMILES string of the molecule is CC1(C(N)C2CCOC3(CCC3)C2)CCCO1. The maximum Gasteiger partial charge on any atom is 0.0808 e. The molecule has 3 heteroatoms. The van der Waals surface area contributed by atoms with E-state index in [2.05, 4.69) is 6.92 Å². The number of hydrogen-bond acceptors (Lipinski definition) is 3. The van der Waals surface area contributed by atoms with E-state index in [1.807, 2.05) is 0 Å². The summed E-state index contributed by atoms with van der Waals surface area (Å²) >= 11 is 0. The van der Waals surface area contributed by atoms with E-state index in [4.69, 9.17) is 15.2 Å². The van der Waals surface area contributed by atoms with Crippen molar-refractivity contribution in [2.75, 3.05) is 13.2 Å². The van der Waals surface area contributed by atoms with Crippen LogP contribution in [0, 0.1) is 5.92 Å². The van der Waals surface area contributed by atoms with Crippen molar-refractivity contribution in [3.8, 4) is 0 Å². The smallest absolute Gasteiger partial charge is 0.0808 e. The molecule has 2 saturated heterocycles. The Morgan fingerprint density at radius 1 is 1.12 bits per heavy atom. The fraction of sp³-hybridized carbons (Fsp3) is 1.00. The van der Waals surface area contributed by atoms with E-state index in [1.165, 1.54) is 25.7 Å². The molecule has 0 bridgehead atoms. The lowest BCUT2D eigenvalue weighted by atomic mass is 9.68. The Labute approximate surface area is 104 Å². The molecule has 1 saturated carbocycles. The van der Waals surface area contributed by atoms with Crippen LogP contribution in [-0.2, 0) is 9.47 Å². The summed E-state index contributed by atoms with van der Waals surface area (Å²) in [7, 11) is 0. The molecule has 98 valence electrons. The number of nitrogens with two attached hydrogens (primary N) is 1. The zero-order valence-electron chi connectivity index (χ0n) is 10.9. The van der Waals surface area contributed by atoms with E-state index in [-0.39, 0.29) is 17.2 Å². The summed E-state index contributed by atoms with van der Waals surface area (Å²) in [6.07, 6.45) is 8.38. The molecular formula is C14H25NO2. The summed E-state index contributed by atoms with van der Waals surface area (Å²) in [6, 6.07) is 0.186. The third kappa shape index (κ3) is 2.02. The first-order valence-corrected chi connectivity index (χ1v) is 7.17. The molecule has 0 amide bonds. The quantitative estimate of drug-likeness (QED) is 0.803. The van der Waals surface area contributed by atoms with Gasteiger partial charge in [0.15, 0.2) is 0 Å². The average Bonchev–Trinajstić information content (AvgIpc) is 2.75. The number of rotatable bonds is 2. The van der Waals surface area contributed by atoms with Crippen molar-refractivity contribution in [3.05, 3.63) is 0 Å². The first-order valence-electron chi connectivity index (χ1n) is 7.17. The van der Waals surface area contributed by atoms with Crippen LogP contribution in [0.1, 0.15) is 51.9 Å². The lowest BCUT2D eigenvalue weighted by molar-refractivity contribution is -0.154. The van der Waals surface area contributed by atoms with E-state index >= 15 is 0 Å². The van der Waals surface area contributed by atoms with Gasteiger partial charge >= 0.3 is 0 Å². The van der Waals surface area contributed by atoms with E-state index < -0.39 is 0 Å². The number of ether oxygens (including phenoxy) is 2. The minimum atomic E-state index is -0.0764. The second-order valence-corrected chi connectivity index (χ2v) is 6.43. The lowest BCUT2D eigenvalue weighted by Gasteiger charge is -2.50. The van der Waals surface area contributed by atoms with Crippen LogP contribution in [0.15, 0.2) is 0 Å². The third-order valence-electron chi connectivity index (χ3n) is 5.26. The summed E-state index contributed by atoms with van der Waals surface area (Å²) in [4.78, 5) is 0. The summed E-state index contributed by atoms with van der Waals surface area (Å²) < 4.78 is 11.9. The normalized spacial score (nSPS) is 42.4. The zero-order valence-corrected chi connectivity index (χ0v) is 10.9. The summed E-state index contributed by atoms with van der Waals surface area (Å²) in [5.41, 5.74) is 6.63. The van der Waals surface area contributed by atoms with Crippen LogP contribution in [0.3, 0.4) is 0 Å². The van der Waals surface area contributed by atoms with Crippen LogP contribution in [0.2, 0.25) is 0 Å². The second-order valence-electron chi connectivity index (χ2n) is 6.43. The Bertz CT molecular complexity index is 282. The van der Waals surface area contributed by atoms with Crippen molar-refractivity contribution < 1.29 is 9.47 Å². The van der Waals surface area contributed by atoms with Crippen LogP contribution in [-0.4, -0.2) is 30.5 Å². The molecular weight excluding hydrogens is 214 g/mol. The Morgan fingerprint density at radius 2 is 1.94 bits per heavy atom. The van der Waals surface area contributed by atoms with Gasteiger partial charge in [-0.1, -0.05) is 0 Å². The summed E-state index contributed by atoms with van der Waals surface area (Å²) in [6.45, 7) is 3.99. The first-order chi connectivity index (χ1) is 8.14. The summed E-state index contributed by atoms with van der Waals surface area (Å²) in [5, 5.41) is 0. The van der Waals surface area contributed by atoms with Crippen molar-refractivity contribution in [1.29, 1.82) is 0 Å². The Hall–Kier alpha value is -0.120. The average molecular weight is 239 g/mol. The molecule has 0 aromatic heterocycles. The van der Waals surface area contributed by atoms with E-state index in [1.54, 1.807) is 0 Å². The highest BCUT2D eigenvalue weighted by molar-refractivity contribution is 5.01. The van der Waals surface area contributed by atoms with E-state index in [9.17, 15) is 0 Å². The molecule has 3 nitrogen and oxygen atoms in total. The number of hydrogen-bond donors (Lipinski definition) is 1. The Morgan fingerprint density at radius 3 is 2.53 bits per heavy atom. The first kappa shape index (κ1) is 11.9.